The molecule has 82 valence electrons. The second kappa shape index (κ2) is 4.65. The molecule has 0 fully saturated rings. The van der Waals surface area contributed by atoms with Crippen LogP contribution < -0.4 is 5.56 Å². The van der Waals surface area contributed by atoms with E-state index in [4.69, 9.17) is 5.11 Å². The first-order valence-electron chi connectivity index (χ1n) is 4.00. The lowest BCUT2D eigenvalue weighted by Crippen LogP contribution is -2.28. The number of ether oxygens (including phenoxy) is 1. The molecule has 0 amide bonds. The summed E-state index contributed by atoms with van der Waals surface area (Å²) in [6.45, 7) is -0.745. The Morgan fingerprint density at radius 1 is 1.73 bits per heavy atom. The van der Waals surface area contributed by atoms with Gasteiger partial charge in [-0.2, -0.15) is 4.39 Å². The summed E-state index contributed by atoms with van der Waals surface area (Å²) < 4.78 is 18.5. The summed E-state index contributed by atoms with van der Waals surface area (Å²) in [7, 11) is 1.34. The molecule has 0 aromatic carbocycles. The van der Waals surface area contributed by atoms with Crippen LogP contribution >= 0.6 is 0 Å². The van der Waals surface area contributed by atoms with Gasteiger partial charge in [0.05, 0.1) is 12.9 Å². The lowest BCUT2D eigenvalue weighted by molar-refractivity contribution is -0.137. The zero-order valence-corrected chi connectivity index (χ0v) is 7.94. The number of hydrogen-bond donors (Lipinski definition) is 1. The normalized spacial score (nSPS) is 10.3. The molecule has 0 bridgehead atoms. The molecular formula is C8H9FN2O4. The number of hydrogen-bond acceptors (Lipinski definition) is 4. The Labute approximate surface area is 83.9 Å². The third-order valence-electron chi connectivity index (χ3n) is 1.64. The van der Waals surface area contributed by atoms with Gasteiger partial charge in [-0.3, -0.25) is 14.2 Å². The number of carboxylic acid groups (broad SMARTS) is 1. The number of carboxylic acids is 1. The van der Waals surface area contributed by atoms with Crippen molar-refractivity contribution in [3.63, 3.8) is 0 Å². The summed E-state index contributed by atoms with van der Waals surface area (Å²) in [6.07, 6.45) is 0.980. The Kier molecular flexibility index (Phi) is 3.51. The van der Waals surface area contributed by atoms with Gasteiger partial charge in [0.15, 0.2) is 0 Å². The van der Waals surface area contributed by atoms with Gasteiger partial charge in [0.2, 0.25) is 5.82 Å². The molecule has 0 radical (unpaired) electrons. The number of nitrogens with zero attached hydrogens (tertiary/aromatic N) is 2. The maximum absolute atomic E-state index is 13.2. The molecule has 1 N–H and O–H groups in total. The molecule has 6 nitrogen and oxygen atoms in total. The van der Waals surface area contributed by atoms with Crippen LogP contribution in [0.2, 0.25) is 0 Å². The van der Waals surface area contributed by atoms with Gasteiger partial charge >= 0.3 is 5.97 Å². The van der Waals surface area contributed by atoms with Crippen LogP contribution in [0.25, 0.3) is 0 Å². The van der Waals surface area contributed by atoms with E-state index in [9.17, 15) is 14.0 Å². The number of rotatable bonds is 4. The summed E-state index contributed by atoms with van der Waals surface area (Å²) in [5.41, 5.74) is -1.15. The maximum atomic E-state index is 13.2. The molecule has 7 heteroatoms. The number of halogens is 1. The first-order valence-corrected chi connectivity index (χ1v) is 4.00. The van der Waals surface area contributed by atoms with Crippen LogP contribution in [0.15, 0.2) is 11.1 Å². The van der Waals surface area contributed by atoms with Crippen molar-refractivity contribution in [3.8, 4) is 0 Å². The summed E-state index contributed by atoms with van der Waals surface area (Å²) in [6, 6.07) is 0. The minimum absolute atomic E-state index is 0.130. The second-order valence-corrected chi connectivity index (χ2v) is 2.77. The van der Waals surface area contributed by atoms with Crippen molar-refractivity contribution in [1.29, 1.82) is 0 Å². The van der Waals surface area contributed by atoms with Gasteiger partial charge in [-0.25, -0.2) is 4.98 Å². The quantitative estimate of drug-likeness (QED) is 0.741. The minimum Gasteiger partial charge on any atom is -0.480 e. The zero-order valence-electron chi connectivity index (χ0n) is 7.94. The van der Waals surface area contributed by atoms with Crippen LogP contribution in [0, 0.1) is 5.82 Å². The Morgan fingerprint density at radius 2 is 2.40 bits per heavy atom. The molecule has 1 rings (SSSR count). The minimum atomic E-state index is -1.24. The van der Waals surface area contributed by atoms with Crippen molar-refractivity contribution in [2.75, 3.05) is 7.11 Å². The standard InChI is InChI=1S/C8H9FN2O4/c1-15-3-5-7(9)8(14)11(4-10-5)2-6(12)13/h4H,2-3H2,1H3,(H,12,13). The highest BCUT2D eigenvalue weighted by molar-refractivity contribution is 5.66. The van der Waals surface area contributed by atoms with Gasteiger partial charge < -0.3 is 9.84 Å². The Bertz CT molecular complexity index is 429. The van der Waals surface area contributed by atoms with E-state index in [0.29, 0.717) is 4.57 Å². The van der Waals surface area contributed by atoms with Crippen LogP contribution in [0.5, 0.6) is 0 Å². The molecule has 0 aliphatic rings. The van der Waals surface area contributed by atoms with E-state index in [1.807, 2.05) is 0 Å². The summed E-state index contributed by atoms with van der Waals surface area (Å²) in [5, 5.41) is 8.42. The van der Waals surface area contributed by atoms with E-state index in [1.165, 1.54) is 7.11 Å². The van der Waals surface area contributed by atoms with E-state index in [0.717, 1.165) is 6.33 Å². The average molecular weight is 216 g/mol. The molecule has 0 saturated heterocycles. The molecule has 15 heavy (non-hydrogen) atoms. The van der Waals surface area contributed by atoms with E-state index in [-0.39, 0.29) is 12.3 Å². The Hall–Kier alpha value is -1.76. The first-order chi connectivity index (χ1) is 7.06. The third-order valence-corrected chi connectivity index (χ3v) is 1.64. The van der Waals surface area contributed by atoms with Crippen molar-refractivity contribution in [1.82, 2.24) is 9.55 Å². The van der Waals surface area contributed by atoms with Gasteiger partial charge in [-0.1, -0.05) is 0 Å². The van der Waals surface area contributed by atoms with Crippen LogP contribution in [0.1, 0.15) is 5.69 Å². The fourth-order valence-electron chi connectivity index (χ4n) is 0.994. The third kappa shape index (κ3) is 2.59. The highest BCUT2D eigenvalue weighted by atomic mass is 19.1. The fourth-order valence-corrected chi connectivity index (χ4v) is 0.994. The largest absolute Gasteiger partial charge is 0.480 e. The lowest BCUT2D eigenvalue weighted by atomic mass is 10.4. The molecule has 1 aromatic rings. The average Bonchev–Trinajstić information content (AvgIpc) is 2.17. The van der Waals surface area contributed by atoms with Crippen LogP contribution in [0.4, 0.5) is 4.39 Å². The second-order valence-electron chi connectivity index (χ2n) is 2.77. The molecule has 0 saturated carbocycles. The van der Waals surface area contributed by atoms with Crippen LogP contribution in [-0.2, 0) is 22.7 Å². The summed E-state index contributed by atoms with van der Waals surface area (Å²) in [5.74, 6) is -2.32. The molecular weight excluding hydrogens is 207 g/mol. The maximum Gasteiger partial charge on any atom is 0.323 e. The van der Waals surface area contributed by atoms with Gasteiger partial charge in [-0.15, -0.1) is 0 Å². The van der Waals surface area contributed by atoms with Gasteiger partial charge in [-0.05, 0) is 0 Å². The monoisotopic (exact) mass is 216 g/mol. The van der Waals surface area contributed by atoms with E-state index in [2.05, 4.69) is 9.72 Å². The lowest BCUT2D eigenvalue weighted by Gasteiger charge is -2.04. The highest BCUT2D eigenvalue weighted by Crippen LogP contribution is 1.98. The predicted molar refractivity (Wildman–Crippen MR) is 46.8 cm³/mol. The van der Waals surface area contributed by atoms with Crippen molar-refractivity contribution < 1.29 is 19.0 Å². The Morgan fingerprint density at radius 3 is 2.93 bits per heavy atom. The smallest absolute Gasteiger partial charge is 0.323 e. The van der Waals surface area contributed by atoms with Crippen molar-refractivity contribution >= 4 is 5.97 Å². The van der Waals surface area contributed by atoms with Gasteiger partial charge in [0.1, 0.15) is 12.2 Å². The molecule has 0 spiro atoms. The first kappa shape index (κ1) is 11.3. The predicted octanol–water partition coefficient (Wildman–Crippen LogP) is -0.387. The number of aliphatic carboxylic acids is 1. The number of carbonyl (C=O) groups is 1. The highest BCUT2D eigenvalue weighted by Gasteiger charge is 2.12. The van der Waals surface area contributed by atoms with Crippen LogP contribution in [0.3, 0.4) is 0 Å². The van der Waals surface area contributed by atoms with E-state index in [1.54, 1.807) is 0 Å². The molecule has 0 aliphatic heterocycles. The van der Waals surface area contributed by atoms with Crippen molar-refractivity contribution in [2.45, 2.75) is 13.2 Å². The van der Waals surface area contributed by atoms with Gasteiger partial charge in [0.25, 0.3) is 5.56 Å². The van der Waals surface area contributed by atoms with Crippen molar-refractivity contribution in [2.24, 2.45) is 0 Å². The molecule has 0 aliphatic carbocycles. The zero-order chi connectivity index (χ0) is 11.4. The van der Waals surface area contributed by atoms with Gasteiger partial charge in [0, 0.05) is 7.11 Å². The number of methoxy groups -OCH3 is 1. The van der Waals surface area contributed by atoms with Crippen molar-refractivity contribution in [3.05, 3.63) is 28.2 Å². The molecule has 1 aromatic heterocycles. The fraction of sp³-hybridized carbons (Fsp3) is 0.375. The SMILES string of the molecule is COCc1ncn(CC(=O)O)c(=O)c1F. The topological polar surface area (TPSA) is 81.4 Å². The van der Waals surface area contributed by atoms with E-state index >= 15 is 0 Å². The molecule has 1 heterocycles. The number of aromatic nitrogens is 2. The Balaban J connectivity index is 3.10. The summed E-state index contributed by atoms with van der Waals surface area (Å²) in [4.78, 5) is 25.1. The molecule has 0 atom stereocenters. The van der Waals surface area contributed by atoms with E-state index < -0.39 is 23.9 Å². The molecule has 0 unspecified atom stereocenters. The summed E-state index contributed by atoms with van der Waals surface area (Å²) >= 11 is 0. The van der Waals surface area contributed by atoms with Crippen LogP contribution in [-0.4, -0.2) is 27.7 Å².